The van der Waals surface area contributed by atoms with Crippen LogP contribution in [0.1, 0.15) is 60.6 Å². The van der Waals surface area contributed by atoms with Crippen LogP contribution >= 0.6 is 0 Å². The lowest BCUT2D eigenvalue weighted by atomic mass is 10.0. The molecule has 1 atom stereocenters. The summed E-state index contributed by atoms with van der Waals surface area (Å²) >= 11 is 0. The number of aryl methyl sites for hydroxylation is 4. The Hall–Kier alpha value is -2.70. The van der Waals surface area contributed by atoms with Gasteiger partial charge in [0.2, 0.25) is 11.8 Å². The topological polar surface area (TPSA) is 105 Å². The summed E-state index contributed by atoms with van der Waals surface area (Å²) in [5.74, 6) is -0.218. The number of hydrogen-bond donors (Lipinski definition) is 2. The molecule has 0 aliphatic carbocycles. The lowest BCUT2D eigenvalue weighted by Gasteiger charge is -2.16. The number of carbonyl (C=O) groups excluding carboxylic acids is 1. The Bertz CT molecular complexity index is 770. The second-order valence-corrected chi connectivity index (χ2v) is 6.39. The number of amides is 1. The minimum absolute atomic E-state index is 0.195. The van der Waals surface area contributed by atoms with E-state index in [1.807, 2.05) is 26.8 Å². The quantitative estimate of drug-likeness (QED) is 0.713. The van der Waals surface area contributed by atoms with E-state index in [0.29, 0.717) is 30.1 Å². The van der Waals surface area contributed by atoms with Crippen LogP contribution in [-0.2, 0) is 22.4 Å². The highest BCUT2D eigenvalue weighted by molar-refractivity contribution is 5.84. The molecule has 2 N–H and O–H groups in total. The van der Waals surface area contributed by atoms with Crippen molar-refractivity contribution in [1.29, 1.82) is 0 Å². The van der Waals surface area contributed by atoms with Crippen molar-refractivity contribution >= 4 is 11.9 Å². The van der Waals surface area contributed by atoms with Gasteiger partial charge in [0, 0.05) is 19.3 Å². The number of nitrogens with zero attached hydrogens (tertiary/aromatic N) is 2. The van der Waals surface area contributed by atoms with Crippen LogP contribution in [0.5, 0.6) is 0 Å². The molecule has 26 heavy (non-hydrogen) atoms. The number of aliphatic carboxylic acids is 1. The first-order valence-corrected chi connectivity index (χ1v) is 8.81. The van der Waals surface area contributed by atoms with Crippen LogP contribution in [0.3, 0.4) is 0 Å². The Kier molecular flexibility index (Phi) is 6.89. The maximum atomic E-state index is 12.1. The van der Waals surface area contributed by atoms with Crippen LogP contribution in [0.25, 0.3) is 0 Å². The monoisotopic (exact) mass is 359 g/mol. The van der Waals surface area contributed by atoms with Crippen LogP contribution < -0.4 is 5.32 Å². The van der Waals surface area contributed by atoms with Gasteiger partial charge in [0.15, 0.2) is 11.9 Å². The molecule has 7 heteroatoms. The molecule has 0 saturated heterocycles. The number of nitrogens with one attached hydrogen (secondary N) is 1. The summed E-state index contributed by atoms with van der Waals surface area (Å²) in [6.07, 6.45) is 2.90. The zero-order valence-corrected chi connectivity index (χ0v) is 15.4. The molecule has 0 spiro atoms. The average Bonchev–Trinajstić information content (AvgIpc) is 3.03. The van der Waals surface area contributed by atoms with Gasteiger partial charge in [-0.25, -0.2) is 4.79 Å². The van der Waals surface area contributed by atoms with Crippen molar-refractivity contribution in [3.05, 3.63) is 46.6 Å². The first-order valence-electron chi connectivity index (χ1n) is 8.81. The largest absolute Gasteiger partial charge is 0.479 e. The Labute approximate surface area is 152 Å². The summed E-state index contributed by atoms with van der Waals surface area (Å²) in [5.41, 5.74) is 2.63. The van der Waals surface area contributed by atoms with Gasteiger partial charge in [-0.05, 0) is 43.4 Å². The van der Waals surface area contributed by atoms with E-state index in [-0.39, 0.29) is 12.3 Å². The van der Waals surface area contributed by atoms with Crippen molar-refractivity contribution < 1.29 is 19.2 Å². The normalized spacial score (nSPS) is 12.0. The zero-order chi connectivity index (χ0) is 19.1. The molecule has 0 fully saturated rings. The fourth-order valence-corrected chi connectivity index (χ4v) is 2.58. The molecule has 0 bridgehead atoms. The Balaban J connectivity index is 1.89. The van der Waals surface area contributed by atoms with Crippen molar-refractivity contribution in [3.63, 3.8) is 0 Å². The summed E-state index contributed by atoms with van der Waals surface area (Å²) in [6.45, 7) is 5.91. The van der Waals surface area contributed by atoms with E-state index in [4.69, 9.17) is 4.52 Å². The molecular formula is C19H25N3O4. The average molecular weight is 359 g/mol. The van der Waals surface area contributed by atoms with Crippen molar-refractivity contribution in [2.24, 2.45) is 0 Å². The fourth-order valence-electron chi connectivity index (χ4n) is 2.58. The predicted octanol–water partition coefficient (Wildman–Crippen LogP) is 2.90. The van der Waals surface area contributed by atoms with Crippen LogP contribution in [0.15, 0.2) is 22.7 Å². The lowest BCUT2D eigenvalue weighted by molar-refractivity contribution is -0.142. The van der Waals surface area contributed by atoms with Gasteiger partial charge < -0.3 is 14.9 Å². The number of rotatable bonds is 9. The molecule has 7 nitrogen and oxygen atoms in total. The van der Waals surface area contributed by atoms with Crippen molar-refractivity contribution in [1.82, 2.24) is 15.5 Å². The smallest absolute Gasteiger partial charge is 0.330 e. The van der Waals surface area contributed by atoms with Gasteiger partial charge in [-0.3, -0.25) is 4.79 Å². The molecule has 0 radical (unpaired) electrons. The van der Waals surface area contributed by atoms with Crippen LogP contribution in [0, 0.1) is 13.8 Å². The van der Waals surface area contributed by atoms with Gasteiger partial charge >= 0.3 is 5.97 Å². The number of carboxylic acids is 1. The standard InChI is InChI=1S/C19H25N3O4/c1-4-6-15-20-17(26-22-15)8-5-7-16(23)21-18(19(24)25)14-10-9-12(2)13(3)11-14/h9-11,18H,4-8H2,1-3H3,(H,21,23)(H,24,25). The van der Waals surface area contributed by atoms with Gasteiger partial charge in [-0.1, -0.05) is 30.3 Å². The second kappa shape index (κ2) is 9.12. The molecule has 1 amide bonds. The third-order valence-corrected chi connectivity index (χ3v) is 4.19. The molecule has 1 aromatic heterocycles. The molecule has 1 unspecified atom stereocenters. The highest BCUT2D eigenvalue weighted by atomic mass is 16.5. The van der Waals surface area contributed by atoms with E-state index in [9.17, 15) is 14.7 Å². The van der Waals surface area contributed by atoms with E-state index in [1.54, 1.807) is 12.1 Å². The highest BCUT2D eigenvalue weighted by Crippen LogP contribution is 2.18. The van der Waals surface area contributed by atoms with Crippen LogP contribution in [0.4, 0.5) is 0 Å². The lowest BCUT2D eigenvalue weighted by Crippen LogP contribution is -2.33. The fraction of sp³-hybridized carbons (Fsp3) is 0.474. The molecular weight excluding hydrogens is 334 g/mol. The van der Waals surface area contributed by atoms with E-state index < -0.39 is 12.0 Å². The number of carboxylic acid groups (broad SMARTS) is 1. The summed E-state index contributed by atoms with van der Waals surface area (Å²) in [5, 5.41) is 15.9. The Morgan fingerprint density at radius 3 is 2.65 bits per heavy atom. The minimum atomic E-state index is -1.08. The molecule has 0 aliphatic rings. The second-order valence-electron chi connectivity index (χ2n) is 6.39. The summed E-state index contributed by atoms with van der Waals surface area (Å²) in [7, 11) is 0. The van der Waals surface area contributed by atoms with Crippen molar-refractivity contribution in [3.8, 4) is 0 Å². The number of hydrogen-bond acceptors (Lipinski definition) is 5. The van der Waals surface area contributed by atoms with E-state index in [1.165, 1.54) is 0 Å². The molecule has 1 aromatic carbocycles. The molecule has 140 valence electrons. The molecule has 2 aromatic rings. The maximum absolute atomic E-state index is 12.1. The van der Waals surface area contributed by atoms with Crippen molar-refractivity contribution in [2.45, 2.75) is 58.9 Å². The Morgan fingerprint density at radius 1 is 1.23 bits per heavy atom. The molecule has 0 aliphatic heterocycles. The first kappa shape index (κ1) is 19.6. The number of benzene rings is 1. The molecule has 0 saturated carbocycles. The van der Waals surface area contributed by atoms with Gasteiger partial charge in [0.25, 0.3) is 0 Å². The van der Waals surface area contributed by atoms with Gasteiger partial charge in [0.1, 0.15) is 0 Å². The number of carbonyl (C=O) groups is 2. The van der Waals surface area contributed by atoms with Crippen molar-refractivity contribution in [2.75, 3.05) is 0 Å². The third-order valence-electron chi connectivity index (χ3n) is 4.19. The van der Waals surface area contributed by atoms with Gasteiger partial charge in [-0.2, -0.15) is 4.98 Å². The van der Waals surface area contributed by atoms with E-state index >= 15 is 0 Å². The summed E-state index contributed by atoms with van der Waals surface area (Å²) in [6, 6.07) is 4.33. The minimum Gasteiger partial charge on any atom is -0.479 e. The highest BCUT2D eigenvalue weighted by Gasteiger charge is 2.22. The van der Waals surface area contributed by atoms with Gasteiger partial charge in [0.05, 0.1) is 0 Å². The Morgan fingerprint density at radius 2 is 2.00 bits per heavy atom. The first-order chi connectivity index (χ1) is 12.4. The third kappa shape index (κ3) is 5.40. The maximum Gasteiger partial charge on any atom is 0.330 e. The number of aromatic nitrogens is 2. The molecule has 2 rings (SSSR count). The van der Waals surface area contributed by atoms with E-state index in [0.717, 1.165) is 24.0 Å². The van der Waals surface area contributed by atoms with E-state index in [2.05, 4.69) is 15.5 Å². The van der Waals surface area contributed by atoms with Crippen LogP contribution in [-0.4, -0.2) is 27.1 Å². The predicted molar refractivity (Wildman–Crippen MR) is 95.7 cm³/mol. The zero-order valence-electron chi connectivity index (χ0n) is 15.4. The SMILES string of the molecule is CCCc1noc(CCCC(=O)NC(C(=O)O)c2ccc(C)c(C)c2)n1. The van der Waals surface area contributed by atoms with Crippen LogP contribution in [0.2, 0.25) is 0 Å². The summed E-state index contributed by atoms with van der Waals surface area (Å²) in [4.78, 5) is 27.9. The van der Waals surface area contributed by atoms with Gasteiger partial charge in [-0.15, -0.1) is 0 Å². The summed E-state index contributed by atoms with van der Waals surface area (Å²) < 4.78 is 5.13. The molecule has 1 heterocycles.